The van der Waals surface area contributed by atoms with Crippen LogP contribution < -0.4 is 4.74 Å². The van der Waals surface area contributed by atoms with Gasteiger partial charge in [-0.25, -0.2) is 4.79 Å². The van der Waals surface area contributed by atoms with E-state index >= 15 is 0 Å². The van der Waals surface area contributed by atoms with E-state index in [1.807, 2.05) is 24.3 Å². The largest absolute Gasteiger partial charge is 0.497 e. The van der Waals surface area contributed by atoms with Crippen LogP contribution in [-0.4, -0.2) is 32.8 Å². The van der Waals surface area contributed by atoms with E-state index in [4.69, 9.17) is 9.84 Å². The first-order valence-corrected chi connectivity index (χ1v) is 6.23. The van der Waals surface area contributed by atoms with Crippen LogP contribution in [0.4, 0.5) is 0 Å². The van der Waals surface area contributed by atoms with Crippen molar-refractivity contribution in [2.24, 2.45) is 0 Å². The van der Waals surface area contributed by atoms with Gasteiger partial charge in [-0.05, 0) is 12.1 Å². The summed E-state index contributed by atoms with van der Waals surface area (Å²) < 4.78 is 6.83. The average molecular weight is 275 g/mol. The van der Waals surface area contributed by atoms with Crippen molar-refractivity contribution in [1.29, 1.82) is 0 Å². The van der Waals surface area contributed by atoms with E-state index in [-0.39, 0.29) is 4.88 Å². The molecule has 1 N–H and O–H groups in total. The summed E-state index contributed by atoms with van der Waals surface area (Å²) >= 11 is 1.09. The number of fused-ring (bicyclic) bond motifs is 1. The van der Waals surface area contributed by atoms with Crippen LogP contribution in [-0.2, 0) is 0 Å². The molecule has 0 aliphatic carbocycles. The molecule has 0 unspecified atom stereocenters. The van der Waals surface area contributed by atoms with Gasteiger partial charge in [0.2, 0.25) is 4.96 Å². The lowest BCUT2D eigenvalue weighted by molar-refractivity contribution is 0.0702. The second-order valence-electron chi connectivity index (χ2n) is 3.81. The van der Waals surface area contributed by atoms with E-state index in [0.29, 0.717) is 16.5 Å². The summed E-state index contributed by atoms with van der Waals surface area (Å²) in [5.41, 5.74) is 0.821. The number of carboxylic acids is 1. The van der Waals surface area contributed by atoms with Crippen molar-refractivity contribution in [3.8, 4) is 17.1 Å². The quantitative estimate of drug-likeness (QED) is 0.792. The summed E-state index contributed by atoms with van der Waals surface area (Å²) in [6.07, 6.45) is 1.52. The molecular weight excluding hydrogens is 266 g/mol. The number of hydrogen-bond acceptors (Lipinski definition) is 5. The molecule has 0 saturated heterocycles. The molecule has 3 aromatic rings. The minimum atomic E-state index is -0.966. The normalized spacial score (nSPS) is 10.8. The molecule has 0 bridgehead atoms. The van der Waals surface area contributed by atoms with Gasteiger partial charge in [0.15, 0.2) is 5.82 Å². The van der Waals surface area contributed by atoms with Crippen LogP contribution >= 0.6 is 11.3 Å². The van der Waals surface area contributed by atoms with Gasteiger partial charge in [0.1, 0.15) is 10.6 Å². The molecule has 3 rings (SSSR count). The van der Waals surface area contributed by atoms with Gasteiger partial charge in [0.25, 0.3) is 0 Å². The summed E-state index contributed by atoms with van der Waals surface area (Å²) in [5, 5.41) is 17.0. The molecule has 0 fully saturated rings. The molecule has 2 heterocycles. The molecule has 0 amide bonds. The fourth-order valence-corrected chi connectivity index (χ4v) is 2.52. The molecule has 1 aromatic carbocycles. The SMILES string of the molecule is COc1cccc(-c2nnc3sc(C(=O)O)cn23)c1. The number of methoxy groups -OCH3 is 1. The van der Waals surface area contributed by atoms with Crippen LogP contribution in [0.3, 0.4) is 0 Å². The smallest absolute Gasteiger partial charge is 0.347 e. The third kappa shape index (κ3) is 1.93. The fraction of sp³-hybridized carbons (Fsp3) is 0.0833. The van der Waals surface area contributed by atoms with Crippen LogP contribution in [0.1, 0.15) is 9.67 Å². The van der Waals surface area contributed by atoms with E-state index in [9.17, 15) is 4.79 Å². The van der Waals surface area contributed by atoms with Crippen LogP contribution in [0.15, 0.2) is 30.5 Å². The molecule has 0 aliphatic heterocycles. The van der Waals surface area contributed by atoms with E-state index in [1.54, 1.807) is 11.5 Å². The first kappa shape index (κ1) is 11.7. The van der Waals surface area contributed by atoms with Gasteiger partial charge in [-0.2, -0.15) is 0 Å². The molecule has 96 valence electrons. The standard InChI is InChI=1S/C12H9N3O3S/c1-18-8-4-2-3-7(5-8)10-13-14-12-15(10)6-9(19-12)11(16)17/h2-6H,1H3,(H,16,17). The predicted molar refractivity (Wildman–Crippen MR) is 69.8 cm³/mol. The number of aromatic carboxylic acids is 1. The van der Waals surface area contributed by atoms with Crippen molar-refractivity contribution in [2.45, 2.75) is 0 Å². The van der Waals surface area contributed by atoms with Gasteiger partial charge in [-0.3, -0.25) is 4.40 Å². The van der Waals surface area contributed by atoms with Crippen LogP contribution in [0.2, 0.25) is 0 Å². The van der Waals surface area contributed by atoms with Crippen LogP contribution in [0.5, 0.6) is 5.75 Å². The predicted octanol–water partition coefficient (Wildman–Crippen LogP) is 2.16. The molecule has 0 aliphatic rings. The van der Waals surface area contributed by atoms with Gasteiger partial charge in [-0.15, -0.1) is 10.2 Å². The van der Waals surface area contributed by atoms with Crippen molar-refractivity contribution >= 4 is 22.3 Å². The zero-order valence-electron chi connectivity index (χ0n) is 9.90. The highest BCUT2D eigenvalue weighted by Gasteiger charge is 2.15. The minimum absolute atomic E-state index is 0.231. The Morgan fingerprint density at radius 1 is 1.42 bits per heavy atom. The lowest BCUT2D eigenvalue weighted by atomic mass is 10.2. The number of rotatable bonds is 3. The van der Waals surface area contributed by atoms with Crippen LogP contribution in [0, 0.1) is 0 Å². The zero-order valence-corrected chi connectivity index (χ0v) is 10.7. The Hall–Kier alpha value is -2.41. The van der Waals surface area contributed by atoms with E-state index < -0.39 is 5.97 Å². The Bertz CT molecular complexity index is 763. The third-order valence-electron chi connectivity index (χ3n) is 2.65. The molecule has 0 spiro atoms. The molecule has 6 nitrogen and oxygen atoms in total. The Morgan fingerprint density at radius 3 is 3.00 bits per heavy atom. The number of carbonyl (C=O) groups is 1. The summed E-state index contributed by atoms with van der Waals surface area (Å²) in [7, 11) is 1.59. The number of benzene rings is 1. The highest BCUT2D eigenvalue weighted by molar-refractivity contribution is 7.18. The maximum absolute atomic E-state index is 10.9. The van der Waals surface area contributed by atoms with Crippen molar-refractivity contribution in [3.63, 3.8) is 0 Å². The number of hydrogen-bond donors (Lipinski definition) is 1. The van der Waals surface area contributed by atoms with Gasteiger partial charge >= 0.3 is 5.97 Å². The second-order valence-corrected chi connectivity index (χ2v) is 4.82. The number of thiazole rings is 1. The molecular formula is C12H9N3O3S. The molecule has 2 aromatic heterocycles. The van der Waals surface area contributed by atoms with E-state index in [2.05, 4.69) is 10.2 Å². The van der Waals surface area contributed by atoms with Gasteiger partial charge in [0.05, 0.1) is 7.11 Å². The topological polar surface area (TPSA) is 76.7 Å². The second kappa shape index (κ2) is 4.36. The van der Waals surface area contributed by atoms with Gasteiger partial charge in [0, 0.05) is 11.8 Å². The van der Waals surface area contributed by atoms with E-state index in [1.165, 1.54) is 6.20 Å². The van der Waals surface area contributed by atoms with Crippen molar-refractivity contribution in [1.82, 2.24) is 14.6 Å². The van der Waals surface area contributed by atoms with Gasteiger partial charge < -0.3 is 9.84 Å². The molecule has 19 heavy (non-hydrogen) atoms. The minimum Gasteiger partial charge on any atom is -0.497 e. The molecule has 7 heteroatoms. The molecule has 0 atom stereocenters. The van der Waals surface area contributed by atoms with Crippen LogP contribution in [0.25, 0.3) is 16.3 Å². The number of nitrogens with zero attached hydrogens (tertiary/aromatic N) is 3. The third-order valence-corrected chi connectivity index (χ3v) is 3.61. The Morgan fingerprint density at radius 2 is 2.26 bits per heavy atom. The van der Waals surface area contributed by atoms with Crippen molar-refractivity contribution < 1.29 is 14.6 Å². The fourth-order valence-electron chi connectivity index (χ4n) is 1.76. The number of carboxylic acid groups (broad SMARTS) is 1. The Kier molecular flexibility index (Phi) is 2.68. The highest BCUT2D eigenvalue weighted by atomic mass is 32.1. The first-order valence-electron chi connectivity index (χ1n) is 5.41. The van der Waals surface area contributed by atoms with Crippen molar-refractivity contribution in [2.75, 3.05) is 7.11 Å². The molecule has 0 saturated carbocycles. The summed E-state index contributed by atoms with van der Waals surface area (Å²) in [5.74, 6) is 0.340. The van der Waals surface area contributed by atoms with Gasteiger partial charge in [-0.1, -0.05) is 23.5 Å². The average Bonchev–Trinajstić information content (AvgIpc) is 2.98. The zero-order chi connectivity index (χ0) is 13.4. The first-order chi connectivity index (χ1) is 9.19. The number of aromatic nitrogens is 3. The lowest BCUT2D eigenvalue weighted by Gasteiger charge is -2.01. The highest BCUT2D eigenvalue weighted by Crippen LogP contribution is 2.26. The Balaban J connectivity index is 2.16. The monoisotopic (exact) mass is 275 g/mol. The summed E-state index contributed by atoms with van der Waals surface area (Å²) in [6.45, 7) is 0. The maximum atomic E-state index is 10.9. The summed E-state index contributed by atoms with van der Waals surface area (Å²) in [6, 6.07) is 7.38. The Labute approximate surface area is 111 Å². The lowest BCUT2D eigenvalue weighted by Crippen LogP contribution is -1.93. The number of ether oxygens (including phenoxy) is 1. The maximum Gasteiger partial charge on any atom is 0.347 e. The summed E-state index contributed by atoms with van der Waals surface area (Å²) in [4.78, 5) is 11.7. The van der Waals surface area contributed by atoms with E-state index in [0.717, 1.165) is 16.9 Å². The molecule has 0 radical (unpaired) electrons. The van der Waals surface area contributed by atoms with Crippen molar-refractivity contribution in [3.05, 3.63) is 35.3 Å².